The number of nitrogens with one attached hydrogen (secondary N) is 4. The molecule has 0 radical (unpaired) electrons. The van der Waals surface area contributed by atoms with Gasteiger partial charge in [0.2, 0.25) is 0 Å². The Balaban J connectivity index is 1.45. The number of aromatic nitrogens is 2. The topological polar surface area (TPSA) is 124 Å². The van der Waals surface area contributed by atoms with Gasteiger partial charge < -0.3 is 9.97 Å². The predicted molar refractivity (Wildman–Crippen MR) is 102 cm³/mol. The minimum Gasteiger partial charge on any atom is -0.360 e. The van der Waals surface area contributed by atoms with E-state index in [9.17, 15) is 19.2 Å². The van der Waals surface area contributed by atoms with E-state index < -0.39 is 23.4 Å². The Hall–Kier alpha value is -4.20. The molecule has 138 valence electrons. The quantitative estimate of drug-likeness (QED) is 0.247. The van der Waals surface area contributed by atoms with Crippen molar-refractivity contribution < 1.29 is 19.2 Å². The molecule has 2 aromatic carbocycles. The lowest BCUT2D eigenvalue weighted by Crippen LogP contribution is -2.47. The minimum atomic E-state index is -1.05. The second-order valence-electron chi connectivity index (χ2n) is 6.06. The highest BCUT2D eigenvalue weighted by atomic mass is 16.2. The predicted octanol–water partition coefficient (Wildman–Crippen LogP) is 1.86. The molecule has 0 atom stereocenters. The summed E-state index contributed by atoms with van der Waals surface area (Å²) in [5, 5.41) is 1.17. The van der Waals surface area contributed by atoms with E-state index in [0.717, 1.165) is 0 Å². The van der Waals surface area contributed by atoms with Crippen LogP contribution in [0.1, 0.15) is 20.7 Å². The molecule has 2 aromatic heterocycles. The number of hydrogen-bond acceptors (Lipinski definition) is 4. The number of rotatable bonds is 4. The van der Waals surface area contributed by atoms with Crippen LogP contribution in [0.15, 0.2) is 60.9 Å². The van der Waals surface area contributed by atoms with E-state index in [1.165, 1.54) is 12.4 Å². The lowest BCUT2D eigenvalue weighted by molar-refractivity contribution is -0.124. The first-order valence-corrected chi connectivity index (χ1v) is 8.38. The second kappa shape index (κ2) is 6.84. The van der Waals surface area contributed by atoms with Crippen LogP contribution in [0.25, 0.3) is 21.8 Å². The summed E-state index contributed by atoms with van der Waals surface area (Å²) in [6.45, 7) is 0. The van der Waals surface area contributed by atoms with Crippen molar-refractivity contribution in [3.8, 4) is 0 Å². The summed E-state index contributed by atoms with van der Waals surface area (Å²) in [6, 6.07) is 14.0. The number of H-pyrrole nitrogens is 2. The first-order chi connectivity index (χ1) is 13.6. The van der Waals surface area contributed by atoms with Gasteiger partial charge in [0.05, 0.1) is 11.1 Å². The highest BCUT2D eigenvalue weighted by Gasteiger charge is 2.23. The molecule has 0 fully saturated rings. The Morgan fingerprint density at radius 3 is 1.43 bits per heavy atom. The summed E-state index contributed by atoms with van der Waals surface area (Å²) in [7, 11) is 0. The van der Waals surface area contributed by atoms with Crippen molar-refractivity contribution in [2.75, 3.05) is 0 Å². The number of hydrogen-bond donors (Lipinski definition) is 4. The molecule has 28 heavy (non-hydrogen) atoms. The van der Waals surface area contributed by atoms with E-state index in [0.29, 0.717) is 21.8 Å². The van der Waals surface area contributed by atoms with Gasteiger partial charge >= 0.3 is 11.8 Å². The third kappa shape index (κ3) is 2.92. The van der Waals surface area contributed by atoms with Crippen LogP contribution >= 0.6 is 0 Å². The first-order valence-electron chi connectivity index (χ1n) is 8.38. The number of fused-ring (bicyclic) bond motifs is 2. The lowest BCUT2D eigenvalue weighted by atomic mass is 10.1. The monoisotopic (exact) mass is 374 g/mol. The molecule has 4 N–H and O–H groups in total. The Kier molecular flexibility index (Phi) is 4.21. The van der Waals surface area contributed by atoms with Gasteiger partial charge in [-0.05, 0) is 12.1 Å². The Bertz CT molecular complexity index is 1150. The van der Waals surface area contributed by atoms with Gasteiger partial charge in [-0.25, -0.2) is 0 Å². The number of ketones is 2. The zero-order valence-electron chi connectivity index (χ0n) is 14.4. The maximum Gasteiger partial charge on any atom is 0.310 e. The maximum absolute atomic E-state index is 12.3. The molecule has 0 aliphatic rings. The van der Waals surface area contributed by atoms with Crippen molar-refractivity contribution in [2.45, 2.75) is 0 Å². The fraction of sp³-hybridized carbons (Fsp3) is 0. The second-order valence-corrected chi connectivity index (χ2v) is 6.06. The van der Waals surface area contributed by atoms with Crippen LogP contribution in [0.5, 0.6) is 0 Å². The van der Waals surface area contributed by atoms with Crippen LogP contribution in [0.4, 0.5) is 0 Å². The Morgan fingerprint density at radius 1 is 0.607 bits per heavy atom. The first kappa shape index (κ1) is 17.2. The Labute approximate surface area is 157 Å². The lowest BCUT2D eigenvalue weighted by Gasteiger charge is -2.05. The molecule has 2 heterocycles. The highest BCUT2D eigenvalue weighted by Crippen LogP contribution is 2.19. The molecule has 0 aliphatic heterocycles. The number of aromatic amines is 2. The van der Waals surface area contributed by atoms with Crippen LogP contribution in [0.2, 0.25) is 0 Å². The van der Waals surface area contributed by atoms with E-state index in [1.54, 1.807) is 48.5 Å². The molecule has 8 heteroatoms. The molecule has 0 spiro atoms. The number of para-hydroxylation sites is 2. The molecule has 0 aliphatic carbocycles. The fourth-order valence-electron chi connectivity index (χ4n) is 2.99. The molecule has 0 bridgehead atoms. The minimum absolute atomic E-state index is 0.172. The van der Waals surface area contributed by atoms with Gasteiger partial charge in [0.15, 0.2) is 0 Å². The highest BCUT2D eigenvalue weighted by molar-refractivity contribution is 6.47. The standard InChI is InChI=1S/C20H14N4O4/c25-17(13-9-21-15-7-3-1-5-11(13)15)19(27)23-24-20(28)18(26)14-10-22-16-8-4-2-6-12(14)16/h1-10,21-22H,(H,23,27)(H,24,28). The Morgan fingerprint density at radius 2 is 1.00 bits per heavy atom. The number of carbonyl (C=O) groups excluding carboxylic acids is 4. The molecule has 2 amide bonds. The summed E-state index contributed by atoms with van der Waals surface area (Å²) < 4.78 is 0. The van der Waals surface area contributed by atoms with Crippen LogP contribution in [-0.4, -0.2) is 33.3 Å². The third-order valence-electron chi connectivity index (χ3n) is 4.37. The van der Waals surface area contributed by atoms with Gasteiger partial charge in [-0.3, -0.25) is 30.0 Å². The molecule has 8 nitrogen and oxygen atoms in total. The van der Waals surface area contributed by atoms with Crippen LogP contribution in [0.3, 0.4) is 0 Å². The van der Waals surface area contributed by atoms with Crippen molar-refractivity contribution in [1.29, 1.82) is 0 Å². The number of Topliss-reactive ketones (excluding diaryl/α,β-unsaturated/α-hetero) is 2. The summed E-state index contributed by atoms with van der Waals surface area (Å²) in [4.78, 5) is 54.7. The third-order valence-corrected chi connectivity index (χ3v) is 4.37. The van der Waals surface area contributed by atoms with Crippen molar-refractivity contribution >= 4 is 45.2 Å². The molecular weight excluding hydrogens is 360 g/mol. The zero-order valence-corrected chi connectivity index (χ0v) is 14.4. The van der Waals surface area contributed by atoms with Crippen LogP contribution in [0, 0.1) is 0 Å². The molecule has 0 saturated heterocycles. The molecular formula is C20H14N4O4. The molecule has 4 rings (SSSR count). The van der Waals surface area contributed by atoms with E-state index in [-0.39, 0.29) is 11.1 Å². The zero-order chi connectivity index (χ0) is 19.7. The summed E-state index contributed by atoms with van der Waals surface area (Å²) >= 11 is 0. The molecule has 4 aromatic rings. The van der Waals surface area contributed by atoms with Gasteiger partial charge in [0.1, 0.15) is 0 Å². The van der Waals surface area contributed by atoms with E-state index in [4.69, 9.17) is 0 Å². The largest absolute Gasteiger partial charge is 0.360 e. The summed E-state index contributed by atoms with van der Waals surface area (Å²) in [5.41, 5.74) is 5.74. The summed E-state index contributed by atoms with van der Waals surface area (Å²) in [6.07, 6.45) is 2.84. The number of carbonyl (C=O) groups is 4. The van der Waals surface area contributed by atoms with Gasteiger partial charge in [0, 0.05) is 34.2 Å². The van der Waals surface area contributed by atoms with Crippen LogP contribution < -0.4 is 10.9 Å². The van der Waals surface area contributed by atoms with E-state index >= 15 is 0 Å². The number of benzene rings is 2. The van der Waals surface area contributed by atoms with E-state index in [2.05, 4.69) is 9.97 Å². The van der Waals surface area contributed by atoms with Gasteiger partial charge in [-0.15, -0.1) is 0 Å². The number of amides is 2. The smallest absolute Gasteiger partial charge is 0.310 e. The normalized spacial score (nSPS) is 10.7. The average Bonchev–Trinajstić information content (AvgIpc) is 3.35. The average molecular weight is 374 g/mol. The van der Waals surface area contributed by atoms with Gasteiger partial charge in [-0.1, -0.05) is 36.4 Å². The SMILES string of the molecule is O=C(NNC(=O)C(=O)c1c[nH]c2ccccc12)C(=O)c1c[nH]c2ccccc12. The van der Waals surface area contributed by atoms with Crippen LogP contribution in [-0.2, 0) is 9.59 Å². The summed E-state index contributed by atoms with van der Waals surface area (Å²) in [5.74, 6) is -3.77. The van der Waals surface area contributed by atoms with Crippen molar-refractivity contribution in [1.82, 2.24) is 20.8 Å². The molecule has 0 saturated carbocycles. The fourth-order valence-corrected chi connectivity index (χ4v) is 2.99. The van der Waals surface area contributed by atoms with Crippen molar-refractivity contribution in [2.24, 2.45) is 0 Å². The molecule has 0 unspecified atom stereocenters. The maximum atomic E-state index is 12.3. The van der Waals surface area contributed by atoms with Crippen molar-refractivity contribution in [3.05, 3.63) is 72.1 Å². The van der Waals surface area contributed by atoms with Gasteiger partial charge in [0.25, 0.3) is 11.6 Å². The van der Waals surface area contributed by atoms with Crippen molar-refractivity contribution in [3.63, 3.8) is 0 Å². The van der Waals surface area contributed by atoms with E-state index in [1.807, 2.05) is 10.9 Å². The van der Waals surface area contributed by atoms with Gasteiger partial charge in [-0.2, -0.15) is 0 Å². The number of hydrazine groups is 1.